The number of hydrogen-bond acceptors (Lipinski definition) is 3. The average Bonchev–Trinajstić information content (AvgIpc) is 2.73. The van der Waals surface area contributed by atoms with E-state index in [2.05, 4.69) is 15.9 Å². The zero-order valence-electron chi connectivity index (χ0n) is 11.0. The molecule has 2 aromatic rings. The van der Waals surface area contributed by atoms with Crippen LogP contribution < -0.4 is 5.73 Å². The number of amides is 1. The number of anilines is 1. The number of thiophene rings is 1. The van der Waals surface area contributed by atoms with E-state index in [9.17, 15) is 18.0 Å². The van der Waals surface area contributed by atoms with Gasteiger partial charge in [0.25, 0.3) is 5.91 Å². The largest absolute Gasteiger partial charge is 0.406 e. The Morgan fingerprint density at radius 3 is 2.62 bits per heavy atom. The minimum atomic E-state index is -4.43. The van der Waals surface area contributed by atoms with E-state index in [0.29, 0.717) is 9.86 Å². The van der Waals surface area contributed by atoms with Crippen LogP contribution in [0.5, 0.6) is 0 Å². The lowest BCUT2D eigenvalue weighted by Crippen LogP contribution is -2.38. The summed E-state index contributed by atoms with van der Waals surface area (Å²) < 4.78 is 39.0. The molecule has 1 aromatic carbocycles. The second-order valence-electron chi connectivity index (χ2n) is 4.39. The number of carbonyl (C=O) groups excluding carboxylic acids is 1. The molecule has 114 valence electrons. The first kappa shape index (κ1) is 16.1. The number of benzene rings is 1. The van der Waals surface area contributed by atoms with Gasteiger partial charge in [0.15, 0.2) is 0 Å². The van der Waals surface area contributed by atoms with Gasteiger partial charge in [0.1, 0.15) is 11.4 Å². The molecule has 8 heteroatoms. The number of nitrogens with two attached hydrogens (primary N) is 1. The first-order valence-electron chi connectivity index (χ1n) is 6.07. The average molecular weight is 381 g/mol. The first-order valence-corrected chi connectivity index (χ1v) is 7.68. The Bertz CT molecular complexity index is 684. The van der Waals surface area contributed by atoms with E-state index in [1.807, 2.05) is 0 Å². The lowest BCUT2D eigenvalue weighted by molar-refractivity contribution is -0.140. The van der Waals surface area contributed by atoms with Crippen molar-refractivity contribution in [2.45, 2.75) is 13.1 Å². The second-order valence-corrected chi connectivity index (χ2v) is 6.30. The monoisotopic (exact) mass is 380 g/mol. The Hall–Kier alpha value is -1.28. The van der Waals surface area contributed by atoms with Crippen molar-refractivity contribution < 1.29 is 18.0 Å². The highest BCUT2D eigenvalue weighted by atomic mass is 79.9. The topological polar surface area (TPSA) is 46.3 Å². The van der Waals surface area contributed by atoms with E-state index in [0.717, 1.165) is 20.9 Å². The molecule has 0 saturated heterocycles. The molecule has 1 heterocycles. The number of nitrogen functional groups attached to an aromatic ring is 1. The van der Waals surface area contributed by atoms with Gasteiger partial charge in [-0.15, -0.1) is 11.3 Å². The van der Waals surface area contributed by atoms with Gasteiger partial charge in [0.05, 0.1) is 5.69 Å². The van der Waals surface area contributed by atoms with Crippen molar-refractivity contribution in [1.29, 1.82) is 0 Å². The number of hydrogen-bond donors (Lipinski definition) is 1. The highest BCUT2D eigenvalue weighted by molar-refractivity contribution is 9.10. The molecule has 21 heavy (non-hydrogen) atoms. The third-order valence-corrected chi connectivity index (χ3v) is 4.75. The van der Waals surface area contributed by atoms with E-state index < -0.39 is 18.6 Å². The van der Waals surface area contributed by atoms with Gasteiger partial charge in [-0.05, 0) is 19.1 Å². The molecular formula is C13H12BrF3N2OS. The molecule has 0 aliphatic rings. The van der Waals surface area contributed by atoms with Gasteiger partial charge in [-0.25, -0.2) is 0 Å². The maximum Gasteiger partial charge on any atom is 0.406 e. The van der Waals surface area contributed by atoms with E-state index in [-0.39, 0.29) is 17.1 Å². The normalized spacial score (nSPS) is 11.9. The summed E-state index contributed by atoms with van der Waals surface area (Å²) in [6.07, 6.45) is -4.43. The quantitative estimate of drug-likeness (QED) is 0.863. The van der Waals surface area contributed by atoms with Crippen LogP contribution in [0.3, 0.4) is 0 Å². The van der Waals surface area contributed by atoms with Crippen molar-refractivity contribution in [3.05, 3.63) is 27.5 Å². The minimum Gasteiger partial charge on any atom is -0.397 e. The summed E-state index contributed by atoms with van der Waals surface area (Å²) in [5, 5.41) is 0.661. The highest BCUT2D eigenvalue weighted by Gasteiger charge is 2.34. The summed E-state index contributed by atoms with van der Waals surface area (Å²) in [7, 11) is 0. The number of halogens is 4. The molecular weight excluding hydrogens is 369 g/mol. The SMILES string of the molecule is CCN(CC(F)(F)F)C(=O)c1sc2cccc(Br)c2c1N. The Labute approximate surface area is 131 Å². The smallest absolute Gasteiger partial charge is 0.397 e. The number of alkyl halides is 3. The standard InChI is InChI=1S/C13H12BrF3N2OS/c1-2-19(6-13(15,16)17)12(20)11-10(18)9-7(14)4-3-5-8(9)21-11/h3-5H,2,6,18H2,1H3. The third kappa shape index (κ3) is 3.32. The van der Waals surface area contributed by atoms with Crippen LogP contribution in [0, 0.1) is 0 Å². The summed E-state index contributed by atoms with van der Waals surface area (Å²) in [5.74, 6) is -0.694. The number of fused-ring (bicyclic) bond motifs is 1. The first-order chi connectivity index (χ1) is 9.74. The van der Waals surface area contributed by atoms with E-state index >= 15 is 0 Å². The summed E-state index contributed by atoms with van der Waals surface area (Å²) >= 11 is 4.44. The van der Waals surface area contributed by atoms with Gasteiger partial charge in [0, 0.05) is 21.1 Å². The maximum absolute atomic E-state index is 12.5. The summed E-state index contributed by atoms with van der Waals surface area (Å²) in [5.41, 5.74) is 6.16. The van der Waals surface area contributed by atoms with E-state index in [1.165, 1.54) is 6.92 Å². The van der Waals surface area contributed by atoms with Crippen LogP contribution in [0.4, 0.5) is 18.9 Å². The van der Waals surface area contributed by atoms with E-state index in [4.69, 9.17) is 5.73 Å². The molecule has 3 nitrogen and oxygen atoms in total. The Balaban J connectivity index is 2.43. The second kappa shape index (κ2) is 5.84. The summed E-state index contributed by atoms with van der Waals surface area (Å²) in [6.45, 7) is 0.188. The summed E-state index contributed by atoms with van der Waals surface area (Å²) in [6, 6.07) is 5.33. The molecule has 0 atom stereocenters. The molecule has 2 rings (SSSR count). The zero-order valence-corrected chi connectivity index (χ0v) is 13.4. The van der Waals surface area contributed by atoms with Crippen LogP contribution >= 0.6 is 27.3 Å². The van der Waals surface area contributed by atoms with Gasteiger partial charge in [0.2, 0.25) is 0 Å². The van der Waals surface area contributed by atoms with Crippen molar-refractivity contribution >= 4 is 48.9 Å². The van der Waals surface area contributed by atoms with Crippen molar-refractivity contribution in [3.63, 3.8) is 0 Å². The maximum atomic E-state index is 12.5. The van der Waals surface area contributed by atoms with Crippen LogP contribution in [-0.4, -0.2) is 30.1 Å². The predicted octanol–water partition coefficient (Wildman–Crippen LogP) is 4.27. The molecule has 1 amide bonds. The Morgan fingerprint density at radius 1 is 1.43 bits per heavy atom. The fourth-order valence-electron chi connectivity index (χ4n) is 1.98. The van der Waals surface area contributed by atoms with Gasteiger partial charge < -0.3 is 10.6 Å². The molecule has 0 unspecified atom stereocenters. The molecule has 0 saturated carbocycles. The molecule has 0 spiro atoms. The number of carbonyl (C=O) groups is 1. The lowest BCUT2D eigenvalue weighted by Gasteiger charge is -2.21. The fourth-order valence-corrected chi connectivity index (χ4v) is 3.80. The highest BCUT2D eigenvalue weighted by Crippen LogP contribution is 2.38. The van der Waals surface area contributed by atoms with Crippen LogP contribution in [0.25, 0.3) is 10.1 Å². The predicted molar refractivity (Wildman–Crippen MR) is 81.6 cm³/mol. The number of rotatable bonds is 3. The van der Waals surface area contributed by atoms with Gasteiger partial charge in [-0.3, -0.25) is 4.79 Å². The van der Waals surface area contributed by atoms with Crippen LogP contribution in [0.2, 0.25) is 0 Å². The van der Waals surface area contributed by atoms with E-state index in [1.54, 1.807) is 18.2 Å². The minimum absolute atomic E-state index is 0.0345. The molecule has 0 aliphatic heterocycles. The van der Waals surface area contributed by atoms with Gasteiger partial charge >= 0.3 is 6.18 Å². The zero-order chi connectivity index (χ0) is 15.8. The lowest BCUT2D eigenvalue weighted by atomic mass is 10.2. The van der Waals surface area contributed by atoms with Crippen molar-refractivity contribution in [2.75, 3.05) is 18.8 Å². The molecule has 2 N–H and O–H groups in total. The molecule has 0 radical (unpaired) electrons. The molecule has 0 aliphatic carbocycles. The molecule has 0 fully saturated rings. The summed E-state index contributed by atoms with van der Waals surface area (Å²) in [4.78, 5) is 13.2. The van der Waals surface area contributed by atoms with Crippen molar-refractivity contribution in [2.24, 2.45) is 0 Å². The molecule has 0 bridgehead atoms. The van der Waals surface area contributed by atoms with Gasteiger partial charge in [-0.2, -0.15) is 13.2 Å². The van der Waals surface area contributed by atoms with Crippen LogP contribution in [0.15, 0.2) is 22.7 Å². The van der Waals surface area contributed by atoms with Crippen molar-refractivity contribution in [1.82, 2.24) is 4.90 Å². The van der Waals surface area contributed by atoms with Crippen molar-refractivity contribution in [3.8, 4) is 0 Å². The Kier molecular flexibility index (Phi) is 4.48. The van der Waals surface area contributed by atoms with Gasteiger partial charge in [-0.1, -0.05) is 22.0 Å². The van der Waals surface area contributed by atoms with Crippen LogP contribution in [-0.2, 0) is 0 Å². The molecule has 1 aromatic heterocycles. The number of nitrogens with zero attached hydrogens (tertiary/aromatic N) is 1. The fraction of sp³-hybridized carbons (Fsp3) is 0.308. The third-order valence-electron chi connectivity index (χ3n) is 2.93. The van der Waals surface area contributed by atoms with Crippen LogP contribution in [0.1, 0.15) is 16.6 Å². The Morgan fingerprint density at radius 2 is 2.10 bits per heavy atom.